The first-order valence-electron chi connectivity index (χ1n) is 7.50. The van der Waals surface area contributed by atoms with Gasteiger partial charge in [-0.3, -0.25) is 0 Å². The molecule has 0 aliphatic rings. The number of benzene rings is 2. The van der Waals surface area contributed by atoms with Gasteiger partial charge in [-0.05, 0) is 31.0 Å². The second-order valence-electron chi connectivity index (χ2n) is 5.24. The molecule has 0 saturated carbocycles. The molecule has 3 rings (SSSR count). The van der Waals surface area contributed by atoms with E-state index in [2.05, 4.69) is 49.1 Å². The van der Waals surface area contributed by atoms with E-state index in [-0.39, 0.29) is 0 Å². The van der Waals surface area contributed by atoms with Gasteiger partial charge < -0.3 is 9.32 Å². The Morgan fingerprint density at radius 3 is 2.30 bits per heavy atom. The molecule has 0 atom stereocenters. The highest BCUT2D eigenvalue weighted by Crippen LogP contribution is 2.35. The largest absolute Gasteiger partial charge is 0.456 e. The first kappa shape index (κ1) is 13.0. The molecule has 0 amide bonds. The Morgan fingerprint density at radius 1 is 0.850 bits per heavy atom. The lowest BCUT2D eigenvalue weighted by Gasteiger charge is -2.24. The van der Waals surface area contributed by atoms with Gasteiger partial charge in [0.1, 0.15) is 11.2 Å². The molecule has 0 aliphatic carbocycles. The molecule has 0 saturated heterocycles. The lowest BCUT2D eigenvalue weighted by Crippen LogP contribution is -2.24. The predicted octanol–water partition coefficient (Wildman–Crippen LogP) is 5.21. The zero-order valence-corrected chi connectivity index (χ0v) is 12.2. The number of anilines is 1. The summed E-state index contributed by atoms with van der Waals surface area (Å²) in [6.07, 6.45) is 2.32. The molecule has 20 heavy (non-hydrogen) atoms. The second kappa shape index (κ2) is 5.58. The van der Waals surface area contributed by atoms with Gasteiger partial charge in [0.25, 0.3) is 0 Å². The van der Waals surface area contributed by atoms with E-state index in [4.69, 9.17) is 4.42 Å². The monoisotopic (exact) mass is 267 g/mol. The van der Waals surface area contributed by atoms with Crippen LogP contribution in [-0.2, 0) is 0 Å². The van der Waals surface area contributed by atoms with Crippen molar-refractivity contribution in [3.05, 3.63) is 42.5 Å². The molecule has 2 heteroatoms. The summed E-state index contributed by atoms with van der Waals surface area (Å²) in [4.78, 5) is 2.48. The molecule has 0 aliphatic heterocycles. The smallest absolute Gasteiger partial charge is 0.137 e. The SMILES string of the molecule is CCCN(CCC)c1cccc2oc3ccccc3c12. The van der Waals surface area contributed by atoms with Crippen LogP contribution >= 0.6 is 0 Å². The number of fused-ring (bicyclic) bond motifs is 3. The van der Waals surface area contributed by atoms with Crippen molar-refractivity contribution in [3.63, 3.8) is 0 Å². The maximum atomic E-state index is 5.97. The summed E-state index contributed by atoms with van der Waals surface area (Å²) in [5.41, 5.74) is 3.26. The molecule has 0 N–H and O–H groups in total. The van der Waals surface area contributed by atoms with Gasteiger partial charge in [0.05, 0.1) is 5.39 Å². The van der Waals surface area contributed by atoms with Crippen LogP contribution < -0.4 is 4.90 Å². The van der Waals surface area contributed by atoms with Gasteiger partial charge in [0, 0.05) is 24.2 Å². The third kappa shape index (κ3) is 2.15. The fourth-order valence-corrected chi connectivity index (χ4v) is 2.91. The van der Waals surface area contributed by atoms with Crippen LogP contribution in [0.5, 0.6) is 0 Å². The molecule has 0 spiro atoms. The quantitative estimate of drug-likeness (QED) is 0.630. The fraction of sp³-hybridized carbons (Fsp3) is 0.333. The summed E-state index contributed by atoms with van der Waals surface area (Å²) in [7, 11) is 0. The summed E-state index contributed by atoms with van der Waals surface area (Å²) < 4.78 is 5.97. The Labute approximate surface area is 120 Å². The molecule has 104 valence electrons. The number of hydrogen-bond acceptors (Lipinski definition) is 2. The average Bonchev–Trinajstić information content (AvgIpc) is 2.85. The van der Waals surface area contributed by atoms with Gasteiger partial charge in [-0.2, -0.15) is 0 Å². The van der Waals surface area contributed by atoms with Gasteiger partial charge in [-0.15, -0.1) is 0 Å². The van der Waals surface area contributed by atoms with Gasteiger partial charge in [-0.1, -0.05) is 38.1 Å². The van der Waals surface area contributed by atoms with Gasteiger partial charge in [0.2, 0.25) is 0 Å². The van der Waals surface area contributed by atoms with E-state index in [1.165, 1.54) is 16.5 Å². The second-order valence-corrected chi connectivity index (χ2v) is 5.24. The maximum Gasteiger partial charge on any atom is 0.137 e. The van der Waals surface area contributed by atoms with Crippen LogP contribution in [0.3, 0.4) is 0 Å². The zero-order valence-electron chi connectivity index (χ0n) is 12.2. The lowest BCUT2D eigenvalue weighted by atomic mass is 10.1. The predicted molar refractivity (Wildman–Crippen MR) is 86.5 cm³/mol. The fourth-order valence-electron chi connectivity index (χ4n) is 2.91. The Hall–Kier alpha value is -1.96. The van der Waals surface area contributed by atoms with Crippen LogP contribution in [0.4, 0.5) is 5.69 Å². The Balaban J connectivity index is 2.23. The topological polar surface area (TPSA) is 16.4 Å². The van der Waals surface area contributed by atoms with Crippen LogP contribution in [0.25, 0.3) is 21.9 Å². The summed E-state index contributed by atoms with van der Waals surface area (Å²) >= 11 is 0. The third-order valence-electron chi connectivity index (χ3n) is 3.71. The number of nitrogens with zero attached hydrogens (tertiary/aromatic N) is 1. The third-order valence-corrected chi connectivity index (χ3v) is 3.71. The van der Waals surface area contributed by atoms with Crippen LogP contribution in [-0.4, -0.2) is 13.1 Å². The molecular formula is C18H21NO. The molecule has 1 heterocycles. The minimum Gasteiger partial charge on any atom is -0.456 e. The molecule has 2 aromatic carbocycles. The molecule has 1 aromatic heterocycles. The summed E-state index contributed by atoms with van der Waals surface area (Å²) in [6.45, 7) is 6.64. The number of hydrogen-bond donors (Lipinski definition) is 0. The van der Waals surface area contributed by atoms with Crippen molar-refractivity contribution >= 4 is 27.6 Å². The minimum atomic E-state index is 0.975. The van der Waals surface area contributed by atoms with Crippen molar-refractivity contribution < 1.29 is 4.42 Å². The van der Waals surface area contributed by atoms with E-state index in [1.807, 2.05) is 12.1 Å². The Kier molecular flexibility index (Phi) is 3.64. The Bertz CT molecular complexity index is 708. The lowest BCUT2D eigenvalue weighted by molar-refractivity contribution is 0.668. The van der Waals surface area contributed by atoms with Crippen molar-refractivity contribution in [2.45, 2.75) is 26.7 Å². The van der Waals surface area contributed by atoms with E-state index < -0.39 is 0 Å². The van der Waals surface area contributed by atoms with Crippen LogP contribution in [0.15, 0.2) is 46.9 Å². The highest BCUT2D eigenvalue weighted by atomic mass is 16.3. The van der Waals surface area contributed by atoms with Gasteiger partial charge in [0.15, 0.2) is 0 Å². The average molecular weight is 267 g/mol. The molecular weight excluding hydrogens is 246 g/mol. The first-order chi connectivity index (χ1) is 9.85. The minimum absolute atomic E-state index is 0.975. The van der Waals surface area contributed by atoms with Crippen molar-refractivity contribution in [3.8, 4) is 0 Å². The van der Waals surface area contributed by atoms with Crippen molar-refractivity contribution in [1.82, 2.24) is 0 Å². The molecule has 0 unspecified atom stereocenters. The highest BCUT2D eigenvalue weighted by Gasteiger charge is 2.14. The van der Waals surface area contributed by atoms with E-state index in [0.717, 1.165) is 37.1 Å². The maximum absolute atomic E-state index is 5.97. The van der Waals surface area contributed by atoms with Crippen molar-refractivity contribution in [2.24, 2.45) is 0 Å². The molecule has 0 bridgehead atoms. The number of para-hydroxylation sites is 1. The van der Waals surface area contributed by atoms with E-state index >= 15 is 0 Å². The molecule has 0 radical (unpaired) electrons. The zero-order chi connectivity index (χ0) is 13.9. The molecule has 3 aromatic rings. The van der Waals surface area contributed by atoms with E-state index in [0.29, 0.717) is 0 Å². The number of furan rings is 1. The Morgan fingerprint density at radius 2 is 1.55 bits per heavy atom. The van der Waals surface area contributed by atoms with Gasteiger partial charge >= 0.3 is 0 Å². The summed E-state index contributed by atoms with van der Waals surface area (Å²) in [5, 5.41) is 2.47. The van der Waals surface area contributed by atoms with Gasteiger partial charge in [-0.25, -0.2) is 0 Å². The molecule has 2 nitrogen and oxygen atoms in total. The van der Waals surface area contributed by atoms with Crippen molar-refractivity contribution in [2.75, 3.05) is 18.0 Å². The van der Waals surface area contributed by atoms with E-state index in [1.54, 1.807) is 0 Å². The highest BCUT2D eigenvalue weighted by molar-refractivity contribution is 6.11. The first-order valence-corrected chi connectivity index (χ1v) is 7.50. The van der Waals surface area contributed by atoms with E-state index in [9.17, 15) is 0 Å². The van der Waals surface area contributed by atoms with Crippen LogP contribution in [0, 0.1) is 0 Å². The van der Waals surface area contributed by atoms with Crippen LogP contribution in [0.1, 0.15) is 26.7 Å². The standard InChI is InChI=1S/C18H21NO/c1-3-12-19(13-4-2)15-9-7-11-17-18(15)14-8-5-6-10-16(14)20-17/h5-11H,3-4,12-13H2,1-2H3. The number of rotatable bonds is 5. The van der Waals surface area contributed by atoms with Crippen LogP contribution in [0.2, 0.25) is 0 Å². The molecule has 0 fully saturated rings. The van der Waals surface area contributed by atoms with Crippen molar-refractivity contribution in [1.29, 1.82) is 0 Å². The summed E-state index contributed by atoms with van der Waals surface area (Å²) in [6, 6.07) is 14.7. The summed E-state index contributed by atoms with van der Waals surface area (Å²) in [5.74, 6) is 0. The normalized spacial score (nSPS) is 11.3.